The van der Waals surface area contributed by atoms with E-state index < -0.39 is 0 Å². The largest absolute Gasteiger partial charge is 0.287 e. The van der Waals surface area contributed by atoms with Crippen molar-refractivity contribution < 1.29 is 0 Å². The van der Waals surface area contributed by atoms with E-state index in [0.717, 1.165) is 0 Å². The molecule has 26 heavy (non-hydrogen) atoms. The Morgan fingerprint density at radius 2 is 0.846 bits per heavy atom. The van der Waals surface area contributed by atoms with Gasteiger partial charge in [-0.25, -0.2) is 0 Å². The maximum Gasteiger partial charge on any atom is 0.0850 e. The number of alkyl halides is 1. The Balaban J connectivity index is 4.00. The van der Waals surface area contributed by atoms with E-state index >= 15 is 0 Å². The zero-order valence-electron chi connectivity index (χ0n) is 18.5. The van der Waals surface area contributed by atoms with E-state index in [9.17, 15) is 0 Å². The van der Waals surface area contributed by atoms with Crippen molar-refractivity contribution in [3.63, 3.8) is 0 Å². The van der Waals surface area contributed by atoms with Crippen molar-refractivity contribution in [2.45, 2.75) is 142 Å². The van der Waals surface area contributed by atoms with Crippen molar-refractivity contribution in [1.29, 1.82) is 0 Å². The van der Waals surface area contributed by atoms with Crippen LogP contribution in [0.25, 0.3) is 0 Å². The van der Waals surface area contributed by atoms with Crippen molar-refractivity contribution in [1.82, 2.24) is 4.90 Å². The molecule has 0 amide bonds. The van der Waals surface area contributed by atoms with Crippen LogP contribution in [0.2, 0.25) is 0 Å². The zero-order valence-corrected chi connectivity index (χ0v) is 19.3. The summed E-state index contributed by atoms with van der Waals surface area (Å²) >= 11 is 6.81. The molecule has 0 saturated heterocycles. The smallest absolute Gasteiger partial charge is 0.0850 e. The maximum atomic E-state index is 6.81. The van der Waals surface area contributed by atoms with Gasteiger partial charge < -0.3 is 0 Å². The molecule has 0 aliphatic carbocycles. The van der Waals surface area contributed by atoms with Gasteiger partial charge in [-0.2, -0.15) is 0 Å². The molecule has 0 spiro atoms. The highest BCUT2D eigenvalue weighted by atomic mass is 35.5. The summed E-state index contributed by atoms with van der Waals surface area (Å²) in [5.41, 5.74) is 0.267. The molecule has 2 heteroatoms. The molecule has 1 nitrogen and oxygen atoms in total. The lowest BCUT2D eigenvalue weighted by Crippen LogP contribution is -2.33. The fourth-order valence-corrected chi connectivity index (χ4v) is 4.03. The topological polar surface area (TPSA) is 3.24 Å². The predicted molar refractivity (Wildman–Crippen MR) is 121 cm³/mol. The average Bonchev–Trinajstić information content (AvgIpc) is 2.65. The van der Waals surface area contributed by atoms with Crippen LogP contribution in [0.3, 0.4) is 0 Å². The quantitative estimate of drug-likeness (QED) is 0.108. The number of hydrogen-bond donors (Lipinski definition) is 0. The SMILES string of the molecule is CCCCCCCCN(CCCCCCCC)C(Cl)CCCCCCC. The molecule has 1 unspecified atom stereocenters. The Kier molecular flexibility index (Phi) is 21.8. The monoisotopic (exact) mass is 387 g/mol. The average molecular weight is 388 g/mol. The molecule has 1 atom stereocenters. The van der Waals surface area contributed by atoms with Crippen LogP contribution in [0.15, 0.2) is 0 Å². The van der Waals surface area contributed by atoms with Crippen LogP contribution in [0, 0.1) is 0 Å². The van der Waals surface area contributed by atoms with Gasteiger partial charge in [0.2, 0.25) is 0 Å². The first-order chi connectivity index (χ1) is 12.8. The third-order valence-electron chi connectivity index (χ3n) is 5.54. The third-order valence-corrected chi connectivity index (χ3v) is 6.03. The number of halogens is 1. The van der Waals surface area contributed by atoms with Crippen molar-refractivity contribution >= 4 is 11.6 Å². The van der Waals surface area contributed by atoms with Crippen LogP contribution < -0.4 is 0 Å². The van der Waals surface area contributed by atoms with Crippen LogP contribution in [0.1, 0.15) is 136 Å². The lowest BCUT2D eigenvalue weighted by atomic mass is 10.1. The highest BCUT2D eigenvalue weighted by molar-refractivity contribution is 6.20. The molecule has 0 rings (SSSR count). The summed E-state index contributed by atoms with van der Waals surface area (Å²) in [4.78, 5) is 2.60. The van der Waals surface area contributed by atoms with Gasteiger partial charge in [0.1, 0.15) is 0 Å². The Labute approximate surface area is 171 Å². The van der Waals surface area contributed by atoms with Crippen LogP contribution in [0.5, 0.6) is 0 Å². The minimum atomic E-state index is 0.267. The fourth-order valence-electron chi connectivity index (χ4n) is 3.68. The molecular weight excluding hydrogens is 338 g/mol. The van der Waals surface area contributed by atoms with Crippen molar-refractivity contribution in [3.05, 3.63) is 0 Å². The first-order valence-electron chi connectivity index (χ1n) is 12.1. The summed E-state index contributed by atoms with van der Waals surface area (Å²) in [7, 11) is 0. The number of nitrogens with zero attached hydrogens (tertiary/aromatic N) is 1. The number of hydrogen-bond acceptors (Lipinski definition) is 1. The van der Waals surface area contributed by atoms with Gasteiger partial charge in [0.25, 0.3) is 0 Å². The summed E-state index contributed by atoms with van der Waals surface area (Å²) in [6, 6.07) is 0. The second-order valence-electron chi connectivity index (χ2n) is 8.21. The molecule has 0 N–H and O–H groups in total. The van der Waals surface area contributed by atoms with Crippen molar-refractivity contribution in [2.75, 3.05) is 13.1 Å². The molecule has 0 aromatic rings. The number of rotatable bonds is 21. The molecule has 0 aliphatic rings. The molecule has 0 fully saturated rings. The van der Waals surface area contributed by atoms with E-state index in [1.165, 1.54) is 129 Å². The summed E-state index contributed by atoms with van der Waals surface area (Å²) in [5.74, 6) is 0. The van der Waals surface area contributed by atoms with Gasteiger partial charge in [-0.1, -0.05) is 117 Å². The minimum absolute atomic E-state index is 0.267. The van der Waals surface area contributed by atoms with E-state index in [1.807, 2.05) is 0 Å². The predicted octanol–water partition coefficient (Wildman–Crippen LogP) is 8.93. The molecule has 0 bridgehead atoms. The van der Waals surface area contributed by atoms with Gasteiger partial charge in [-0.05, 0) is 32.4 Å². The van der Waals surface area contributed by atoms with Gasteiger partial charge in [-0.3, -0.25) is 4.90 Å². The molecule has 158 valence electrons. The Morgan fingerprint density at radius 3 is 1.27 bits per heavy atom. The maximum absolute atomic E-state index is 6.81. The van der Waals surface area contributed by atoms with Crippen LogP contribution in [-0.4, -0.2) is 23.5 Å². The first-order valence-corrected chi connectivity index (χ1v) is 12.6. The second-order valence-corrected chi connectivity index (χ2v) is 8.71. The molecule has 0 aromatic carbocycles. The van der Waals surface area contributed by atoms with E-state index in [2.05, 4.69) is 25.7 Å². The van der Waals surface area contributed by atoms with E-state index in [4.69, 9.17) is 11.6 Å². The highest BCUT2D eigenvalue weighted by Crippen LogP contribution is 2.18. The first kappa shape index (κ1) is 26.2. The Hall–Kier alpha value is 0.250. The number of unbranched alkanes of at least 4 members (excludes halogenated alkanes) is 14. The minimum Gasteiger partial charge on any atom is -0.287 e. The molecule has 0 saturated carbocycles. The van der Waals surface area contributed by atoms with Crippen LogP contribution >= 0.6 is 11.6 Å². The summed E-state index contributed by atoms with van der Waals surface area (Å²) < 4.78 is 0. The summed E-state index contributed by atoms with van der Waals surface area (Å²) in [6.45, 7) is 9.29. The molecule has 0 radical (unpaired) electrons. The van der Waals surface area contributed by atoms with E-state index in [0.29, 0.717) is 0 Å². The van der Waals surface area contributed by atoms with Gasteiger partial charge in [0, 0.05) is 0 Å². The van der Waals surface area contributed by atoms with Crippen molar-refractivity contribution in [3.8, 4) is 0 Å². The molecule has 0 aromatic heterocycles. The lowest BCUT2D eigenvalue weighted by molar-refractivity contribution is 0.228. The van der Waals surface area contributed by atoms with Crippen LogP contribution in [0.4, 0.5) is 0 Å². The highest BCUT2D eigenvalue weighted by Gasteiger charge is 2.14. The van der Waals surface area contributed by atoms with E-state index in [1.54, 1.807) is 0 Å². The fraction of sp³-hybridized carbons (Fsp3) is 1.00. The Bertz CT molecular complexity index is 241. The third kappa shape index (κ3) is 17.7. The van der Waals surface area contributed by atoms with Gasteiger partial charge >= 0.3 is 0 Å². The second kappa shape index (κ2) is 21.5. The summed E-state index contributed by atoms with van der Waals surface area (Å²) in [6.07, 6.45) is 24.5. The standard InChI is InChI=1S/C24H50ClN/c1-4-7-10-13-16-19-22-26(23-20-17-14-11-8-5-2)24(25)21-18-15-12-9-6-3/h24H,4-23H2,1-3H3. The van der Waals surface area contributed by atoms with Gasteiger partial charge in [0.05, 0.1) is 5.50 Å². The zero-order chi connectivity index (χ0) is 19.3. The molecule has 0 aliphatic heterocycles. The van der Waals surface area contributed by atoms with Gasteiger partial charge in [-0.15, -0.1) is 11.6 Å². The normalized spacial score (nSPS) is 12.8. The lowest BCUT2D eigenvalue weighted by Gasteiger charge is -2.27. The Morgan fingerprint density at radius 1 is 0.500 bits per heavy atom. The van der Waals surface area contributed by atoms with E-state index in [-0.39, 0.29) is 5.50 Å². The summed E-state index contributed by atoms with van der Waals surface area (Å²) in [5, 5.41) is 0. The van der Waals surface area contributed by atoms with Crippen molar-refractivity contribution in [2.24, 2.45) is 0 Å². The molecular formula is C24H50ClN. The molecule has 0 heterocycles. The van der Waals surface area contributed by atoms with Crippen LogP contribution in [-0.2, 0) is 0 Å². The van der Waals surface area contributed by atoms with Gasteiger partial charge in [0.15, 0.2) is 0 Å².